The molecule has 0 atom stereocenters. The van der Waals surface area contributed by atoms with Crippen molar-refractivity contribution >= 4 is 11.8 Å². The minimum atomic E-state index is -0.118. The maximum absolute atomic E-state index is 12.5. The fourth-order valence-electron chi connectivity index (χ4n) is 3.97. The van der Waals surface area contributed by atoms with E-state index in [9.17, 15) is 9.59 Å². The van der Waals surface area contributed by atoms with Gasteiger partial charge in [0.25, 0.3) is 5.91 Å². The molecule has 1 fully saturated rings. The largest absolute Gasteiger partial charge is 0.493 e. The molecule has 1 aromatic rings. The Balaban J connectivity index is 1.72. The molecule has 2 rings (SSSR count). The summed E-state index contributed by atoms with van der Waals surface area (Å²) in [5, 5.41) is 6.11. The number of nitrogens with zero attached hydrogens (tertiary/aromatic N) is 1. The number of carbonyl (C=O) groups is 2. The van der Waals surface area contributed by atoms with E-state index < -0.39 is 0 Å². The molecule has 2 N–H and O–H groups in total. The molecule has 1 aliphatic rings. The molecule has 30 heavy (non-hydrogen) atoms. The molecule has 0 aliphatic heterocycles. The van der Waals surface area contributed by atoms with Gasteiger partial charge in [0.1, 0.15) is 0 Å². The molecular formula is C23H37N3O4. The summed E-state index contributed by atoms with van der Waals surface area (Å²) in [7, 11) is 3.12. The predicted molar refractivity (Wildman–Crippen MR) is 118 cm³/mol. The van der Waals surface area contributed by atoms with Crippen LogP contribution in [-0.2, 0) is 4.79 Å². The van der Waals surface area contributed by atoms with Crippen molar-refractivity contribution in [2.75, 3.05) is 46.9 Å². The normalized spacial score (nSPS) is 18.7. The third kappa shape index (κ3) is 6.90. The number of benzene rings is 1. The van der Waals surface area contributed by atoms with Gasteiger partial charge in [-0.1, -0.05) is 13.8 Å². The van der Waals surface area contributed by atoms with Gasteiger partial charge in [-0.25, -0.2) is 0 Å². The highest BCUT2D eigenvalue weighted by Crippen LogP contribution is 2.29. The zero-order chi connectivity index (χ0) is 21.9. The van der Waals surface area contributed by atoms with Crippen LogP contribution in [0.15, 0.2) is 18.2 Å². The lowest BCUT2D eigenvalue weighted by Gasteiger charge is -2.28. The molecule has 0 bridgehead atoms. The first kappa shape index (κ1) is 24.0. The summed E-state index contributed by atoms with van der Waals surface area (Å²) in [5.74, 6) is 1.70. The fraction of sp³-hybridized carbons (Fsp3) is 0.652. The third-order valence-electron chi connectivity index (χ3n) is 6.04. The molecule has 0 heterocycles. The van der Waals surface area contributed by atoms with Crippen LogP contribution in [0.3, 0.4) is 0 Å². The van der Waals surface area contributed by atoms with Crippen LogP contribution in [0.2, 0.25) is 0 Å². The molecule has 7 nitrogen and oxygen atoms in total. The summed E-state index contributed by atoms with van der Waals surface area (Å²) < 4.78 is 10.5. The van der Waals surface area contributed by atoms with Gasteiger partial charge in [0.05, 0.1) is 14.2 Å². The van der Waals surface area contributed by atoms with Crippen LogP contribution in [0.5, 0.6) is 11.5 Å². The van der Waals surface area contributed by atoms with E-state index in [0.29, 0.717) is 36.1 Å². The minimum absolute atomic E-state index is 0.0968. The van der Waals surface area contributed by atoms with Crippen molar-refractivity contribution in [1.29, 1.82) is 0 Å². The van der Waals surface area contributed by atoms with Gasteiger partial charge in [-0.05, 0) is 62.9 Å². The van der Waals surface area contributed by atoms with Crippen molar-refractivity contribution in [3.05, 3.63) is 23.8 Å². The molecule has 0 aromatic heterocycles. The Morgan fingerprint density at radius 2 is 1.67 bits per heavy atom. The Kier molecular flexibility index (Phi) is 9.94. The van der Waals surface area contributed by atoms with Gasteiger partial charge in [0.15, 0.2) is 11.5 Å². The summed E-state index contributed by atoms with van der Waals surface area (Å²) in [6, 6.07) is 5.15. The van der Waals surface area contributed by atoms with Gasteiger partial charge in [-0.3, -0.25) is 9.59 Å². The van der Waals surface area contributed by atoms with Gasteiger partial charge in [-0.2, -0.15) is 0 Å². The molecule has 0 radical (unpaired) electrons. The van der Waals surface area contributed by atoms with E-state index in [4.69, 9.17) is 9.47 Å². The average molecular weight is 420 g/mol. The number of methoxy groups -OCH3 is 2. The quantitative estimate of drug-likeness (QED) is 0.577. The Bertz CT molecular complexity index is 683. The zero-order valence-electron chi connectivity index (χ0n) is 18.8. The number of nitrogens with one attached hydrogen (secondary N) is 2. The van der Waals surface area contributed by atoms with Crippen LogP contribution in [0.4, 0.5) is 0 Å². The van der Waals surface area contributed by atoms with Crippen LogP contribution in [-0.4, -0.2) is 63.7 Å². The van der Waals surface area contributed by atoms with E-state index in [2.05, 4.69) is 29.4 Å². The highest BCUT2D eigenvalue weighted by Gasteiger charge is 2.26. The van der Waals surface area contributed by atoms with Gasteiger partial charge in [0.2, 0.25) is 5.91 Å². The van der Waals surface area contributed by atoms with Gasteiger partial charge in [0, 0.05) is 31.1 Å². The number of hydrogen-bond acceptors (Lipinski definition) is 5. The van der Waals surface area contributed by atoms with Crippen LogP contribution in [0.1, 0.15) is 49.9 Å². The summed E-state index contributed by atoms with van der Waals surface area (Å²) in [6.45, 7) is 8.52. The molecule has 1 aromatic carbocycles. The van der Waals surface area contributed by atoms with Crippen molar-refractivity contribution in [3.8, 4) is 11.5 Å². The Labute approximate surface area is 180 Å². The first-order valence-corrected chi connectivity index (χ1v) is 11.0. The first-order valence-electron chi connectivity index (χ1n) is 11.0. The fourth-order valence-corrected chi connectivity index (χ4v) is 3.97. The molecule has 1 aliphatic carbocycles. The monoisotopic (exact) mass is 419 g/mol. The second-order valence-corrected chi connectivity index (χ2v) is 7.82. The van der Waals surface area contributed by atoms with Crippen molar-refractivity contribution in [2.24, 2.45) is 11.8 Å². The molecule has 2 amide bonds. The Hall–Kier alpha value is -2.28. The predicted octanol–water partition coefficient (Wildman–Crippen LogP) is 2.70. The van der Waals surface area contributed by atoms with Crippen molar-refractivity contribution < 1.29 is 19.1 Å². The van der Waals surface area contributed by atoms with Crippen molar-refractivity contribution in [2.45, 2.75) is 39.5 Å². The summed E-state index contributed by atoms with van der Waals surface area (Å²) in [5.41, 5.74) is 0.550. The Morgan fingerprint density at radius 1 is 1.00 bits per heavy atom. The van der Waals surface area contributed by atoms with Gasteiger partial charge < -0.3 is 25.0 Å². The lowest BCUT2D eigenvalue weighted by atomic mass is 9.81. The van der Waals surface area contributed by atoms with E-state index in [1.807, 2.05) is 0 Å². The standard InChI is InChI=1S/C23H37N3O4/c1-5-26(6-2)14-13-24-22(27)18-9-7-17(8-10-18)16-25-23(28)19-11-12-20(29-3)21(15-19)30-4/h11-12,15,17-18H,5-10,13-14,16H2,1-4H3,(H,24,27)(H,25,28). The van der Waals surface area contributed by atoms with Crippen molar-refractivity contribution in [3.63, 3.8) is 0 Å². The van der Waals surface area contributed by atoms with Gasteiger partial charge in [-0.15, -0.1) is 0 Å². The van der Waals surface area contributed by atoms with E-state index in [1.165, 1.54) is 0 Å². The highest BCUT2D eigenvalue weighted by molar-refractivity contribution is 5.94. The topological polar surface area (TPSA) is 79.9 Å². The zero-order valence-corrected chi connectivity index (χ0v) is 18.8. The van der Waals surface area contributed by atoms with E-state index in [1.54, 1.807) is 32.4 Å². The SMILES string of the molecule is CCN(CC)CCNC(=O)C1CCC(CNC(=O)c2ccc(OC)c(OC)c2)CC1. The maximum Gasteiger partial charge on any atom is 0.251 e. The smallest absolute Gasteiger partial charge is 0.251 e. The van der Waals surface area contributed by atoms with Gasteiger partial charge >= 0.3 is 0 Å². The van der Waals surface area contributed by atoms with E-state index in [0.717, 1.165) is 45.3 Å². The molecule has 7 heteroatoms. The van der Waals surface area contributed by atoms with E-state index >= 15 is 0 Å². The van der Waals surface area contributed by atoms with Crippen LogP contribution in [0.25, 0.3) is 0 Å². The first-order chi connectivity index (χ1) is 14.5. The number of ether oxygens (including phenoxy) is 2. The molecule has 0 unspecified atom stereocenters. The van der Waals surface area contributed by atoms with Crippen LogP contribution in [0, 0.1) is 11.8 Å². The number of amides is 2. The second-order valence-electron chi connectivity index (χ2n) is 7.82. The lowest BCUT2D eigenvalue weighted by Crippen LogP contribution is -2.39. The lowest BCUT2D eigenvalue weighted by molar-refractivity contribution is -0.126. The molecule has 1 saturated carbocycles. The Morgan fingerprint density at radius 3 is 2.27 bits per heavy atom. The van der Waals surface area contributed by atoms with Crippen molar-refractivity contribution in [1.82, 2.24) is 15.5 Å². The number of likely N-dealkylation sites (N-methyl/N-ethyl adjacent to an activating group) is 1. The van der Waals surface area contributed by atoms with Crippen LogP contribution < -0.4 is 20.1 Å². The minimum Gasteiger partial charge on any atom is -0.493 e. The third-order valence-corrected chi connectivity index (χ3v) is 6.04. The number of hydrogen-bond donors (Lipinski definition) is 2. The average Bonchev–Trinajstić information content (AvgIpc) is 2.79. The number of rotatable bonds is 11. The summed E-state index contributed by atoms with van der Waals surface area (Å²) >= 11 is 0. The maximum atomic E-state index is 12.5. The molecule has 0 saturated heterocycles. The summed E-state index contributed by atoms with van der Waals surface area (Å²) in [6.07, 6.45) is 3.68. The summed E-state index contributed by atoms with van der Waals surface area (Å²) in [4.78, 5) is 27.2. The molecule has 168 valence electrons. The van der Waals surface area contributed by atoms with E-state index in [-0.39, 0.29) is 17.7 Å². The van der Waals surface area contributed by atoms with Crippen LogP contribution >= 0.6 is 0 Å². The highest BCUT2D eigenvalue weighted by atomic mass is 16.5. The molecular weight excluding hydrogens is 382 g/mol. The second kappa shape index (κ2) is 12.4. The molecule has 0 spiro atoms. The number of carbonyl (C=O) groups excluding carboxylic acids is 2.